The van der Waals surface area contributed by atoms with Crippen molar-refractivity contribution in [1.29, 1.82) is 0 Å². The Morgan fingerprint density at radius 2 is 1.71 bits per heavy atom. The molecule has 1 fully saturated rings. The van der Waals surface area contributed by atoms with E-state index in [-0.39, 0.29) is 5.41 Å². The lowest BCUT2D eigenvalue weighted by Crippen LogP contribution is -2.63. The number of hydrogen-bond acceptors (Lipinski definition) is 5. The number of aliphatic hydroxyl groups is 1. The first-order valence-electron chi connectivity index (χ1n) is 12.0. The maximum absolute atomic E-state index is 12.3. The van der Waals surface area contributed by atoms with E-state index in [9.17, 15) is 5.11 Å². The summed E-state index contributed by atoms with van der Waals surface area (Å²) in [5.74, 6) is 1.07. The number of rotatable bonds is 10. The molecule has 1 atom stereocenters. The molecule has 2 aromatic carbocycles. The summed E-state index contributed by atoms with van der Waals surface area (Å²) >= 11 is 0. The van der Waals surface area contributed by atoms with Crippen molar-refractivity contribution in [3.05, 3.63) is 95.3 Å². The predicted molar refractivity (Wildman–Crippen MR) is 135 cm³/mol. The number of aromatic nitrogens is 1. The smallest absolute Gasteiger partial charge is 0.138 e. The molecule has 1 aliphatic heterocycles. The van der Waals surface area contributed by atoms with Gasteiger partial charge in [0.15, 0.2) is 0 Å². The van der Waals surface area contributed by atoms with E-state index in [1.54, 1.807) is 12.4 Å². The molecule has 0 bridgehead atoms. The van der Waals surface area contributed by atoms with Gasteiger partial charge in [0, 0.05) is 30.3 Å². The third-order valence-corrected chi connectivity index (χ3v) is 6.85. The molecule has 4 rings (SSSR count). The number of pyridine rings is 1. The molecule has 1 aliphatic rings. The lowest BCUT2D eigenvalue weighted by molar-refractivity contribution is -0.127. The van der Waals surface area contributed by atoms with Crippen LogP contribution < -0.4 is 4.74 Å². The Kier molecular flexibility index (Phi) is 7.36. The van der Waals surface area contributed by atoms with E-state index >= 15 is 0 Å². The lowest BCUT2D eigenvalue weighted by Gasteiger charge is -2.55. The van der Waals surface area contributed by atoms with Crippen molar-refractivity contribution in [3.8, 4) is 5.75 Å². The number of hydrogen-bond donors (Lipinski definition) is 1. The molecule has 1 saturated heterocycles. The van der Waals surface area contributed by atoms with Gasteiger partial charge in [0.05, 0.1) is 19.4 Å². The van der Waals surface area contributed by atoms with Crippen LogP contribution in [0, 0.1) is 5.41 Å². The van der Waals surface area contributed by atoms with E-state index in [1.807, 2.05) is 36.4 Å². The molecular formula is C29H36N2O3. The summed E-state index contributed by atoms with van der Waals surface area (Å²) in [5.41, 5.74) is 2.53. The molecule has 34 heavy (non-hydrogen) atoms. The maximum Gasteiger partial charge on any atom is 0.138 e. The Hall–Kier alpha value is -2.73. The van der Waals surface area contributed by atoms with Crippen molar-refractivity contribution in [1.82, 2.24) is 9.88 Å². The second-order valence-corrected chi connectivity index (χ2v) is 10.0. The average molecular weight is 461 g/mol. The third kappa shape index (κ3) is 5.02. The average Bonchev–Trinajstić information content (AvgIpc) is 2.83. The molecule has 0 spiro atoms. The Balaban J connectivity index is 1.50. The third-order valence-electron chi connectivity index (χ3n) is 6.85. The normalized spacial score (nSPS) is 17.2. The van der Waals surface area contributed by atoms with Gasteiger partial charge in [-0.25, -0.2) is 0 Å². The fourth-order valence-corrected chi connectivity index (χ4v) is 5.03. The highest BCUT2D eigenvalue weighted by molar-refractivity contribution is 5.42. The fourth-order valence-electron chi connectivity index (χ4n) is 5.03. The first-order chi connectivity index (χ1) is 16.3. The molecule has 3 aromatic rings. The van der Waals surface area contributed by atoms with Crippen molar-refractivity contribution in [2.45, 2.75) is 38.9 Å². The fraction of sp³-hybridized carbons (Fsp3) is 0.414. The first-order valence-corrected chi connectivity index (χ1v) is 12.0. The topological polar surface area (TPSA) is 54.8 Å². The SMILES string of the molecule is CC(C)c1ccc(C(O)(c2cncc(OCCOCc3ccccc3)c2)C2(C)CN(C)C2)cc1. The summed E-state index contributed by atoms with van der Waals surface area (Å²) in [6, 6.07) is 20.4. The maximum atomic E-state index is 12.3. The quantitative estimate of drug-likeness (QED) is 0.432. The van der Waals surface area contributed by atoms with Crippen LogP contribution in [0.5, 0.6) is 5.75 Å². The summed E-state index contributed by atoms with van der Waals surface area (Å²) in [6.45, 7) is 9.55. The summed E-state index contributed by atoms with van der Waals surface area (Å²) in [7, 11) is 2.08. The molecule has 1 unspecified atom stereocenters. The van der Waals surface area contributed by atoms with Crippen molar-refractivity contribution in [2.24, 2.45) is 5.41 Å². The zero-order chi connectivity index (χ0) is 24.2. The van der Waals surface area contributed by atoms with Crippen molar-refractivity contribution in [2.75, 3.05) is 33.4 Å². The van der Waals surface area contributed by atoms with Gasteiger partial charge in [-0.2, -0.15) is 0 Å². The zero-order valence-corrected chi connectivity index (χ0v) is 20.7. The number of likely N-dealkylation sites (tertiary alicyclic amines) is 1. The summed E-state index contributed by atoms with van der Waals surface area (Å²) in [5, 5.41) is 12.3. The molecule has 5 heteroatoms. The van der Waals surface area contributed by atoms with Gasteiger partial charge in [-0.15, -0.1) is 0 Å². The predicted octanol–water partition coefficient (Wildman–Crippen LogP) is 4.99. The van der Waals surface area contributed by atoms with E-state index < -0.39 is 5.60 Å². The first kappa shape index (κ1) is 24.4. The molecule has 180 valence electrons. The van der Waals surface area contributed by atoms with Crippen LogP contribution in [-0.4, -0.2) is 48.3 Å². The van der Waals surface area contributed by atoms with Crippen LogP contribution in [0.15, 0.2) is 73.1 Å². The van der Waals surface area contributed by atoms with Crippen LogP contribution in [0.2, 0.25) is 0 Å². The standard InChI is InChI=1S/C29H36N2O3/c1-22(2)24-10-12-25(13-11-24)29(32,28(3)20-31(4)21-28)26-16-27(18-30-17-26)34-15-14-33-19-23-8-6-5-7-9-23/h5-13,16-18,22,32H,14-15,19-21H2,1-4H3. The minimum atomic E-state index is -1.18. The van der Waals surface area contributed by atoms with E-state index in [2.05, 4.69) is 62.0 Å². The van der Waals surface area contributed by atoms with E-state index in [0.29, 0.717) is 31.5 Å². The summed E-state index contributed by atoms with van der Waals surface area (Å²) < 4.78 is 11.7. The lowest BCUT2D eigenvalue weighted by atomic mass is 9.62. The second-order valence-electron chi connectivity index (χ2n) is 10.0. The molecule has 0 saturated carbocycles. The van der Waals surface area contributed by atoms with Crippen LogP contribution in [0.4, 0.5) is 0 Å². The molecule has 0 aliphatic carbocycles. The van der Waals surface area contributed by atoms with Crippen LogP contribution in [0.1, 0.15) is 48.9 Å². The van der Waals surface area contributed by atoms with Gasteiger partial charge in [-0.1, -0.05) is 75.4 Å². The van der Waals surface area contributed by atoms with Crippen LogP contribution in [-0.2, 0) is 16.9 Å². The molecule has 0 radical (unpaired) electrons. The van der Waals surface area contributed by atoms with Crippen LogP contribution in [0.3, 0.4) is 0 Å². The minimum Gasteiger partial charge on any atom is -0.490 e. The van der Waals surface area contributed by atoms with Crippen LogP contribution in [0.25, 0.3) is 0 Å². The van der Waals surface area contributed by atoms with Crippen molar-refractivity contribution in [3.63, 3.8) is 0 Å². The Morgan fingerprint density at radius 3 is 2.35 bits per heavy atom. The van der Waals surface area contributed by atoms with Gasteiger partial charge in [-0.3, -0.25) is 4.98 Å². The molecule has 1 aromatic heterocycles. The van der Waals surface area contributed by atoms with Crippen LogP contribution >= 0.6 is 0 Å². The molecular weight excluding hydrogens is 424 g/mol. The summed E-state index contributed by atoms with van der Waals surface area (Å²) in [6.07, 6.45) is 3.46. The number of ether oxygens (including phenoxy) is 2. The van der Waals surface area contributed by atoms with Gasteiger partial charge >= 0.3 is 0 Å². The molecule has 2 heterocycles. The highest BCUT2D eigenvalue weighted by atomic mass is 16.5. The molecule has 5 nitrogen and oxygen atoms in total. The zero-order valence-electron chi connectivity index (χ0n) is 20.7. The number of nitrogens with zero attached hydrogens (tertiary/aromatic N) is 2. The van der Waals surface area contributed by atoms with E-state index in [1.165, 1.54) is 5.56 Å². The Labute approximate surface area is 203 Å². The second kappa shape index (κ2) is 10.3. The monoisotopic (exact) mass is 460 g/mol. The van der Waals surface area contributed by atoms with Gasteiger partial charge in [0.2, 0.25) is 0 Å². The molecule has 1 N–H and O–H groups in total. The highest BCUT2D eigenvalue weighted by Crippen LogP contribution is 2.50. The van der Waals surface area contributed by atoms with Gasteiger partial charge in [0.1, 0.15) is 18.0 Å². The van der Waals surface area contributed by atoms with Gasteiger partial charge in [0.25, 0.3) is 0 Å². The van der Waals surface area contributed by atoms with Gasteiger partial charge < -0.3 is 19.5 Å². The highest BCUT2D eigenvalue weighted by Gasteiger charge is 2.55. The van der Waals surface area contributed by atoms with Crippen molar-refractivity contribution < 1.29 is 14.6 Å². The van der Waals surface area contributed by atoms with Gasteiger partial charge in [-0.05, 0) is 35.7 Å². The van der Waals surface area contributed by atoms with E-state index in [0.717, 1.165) is 29.8 Å². The minimum absolute atomic E-state index is 0.333. The van der Waals surface area contributed by atoms with E-state index in [4.69, 9.17) is 9.47 Å². The molecule has 0 amide bonds. The Morgan fingerprint density at radius 1 is 1.00 bits per heavy atom. The largest absolute Gasteiger partial charge is 0.490 e. The summed E-state index contributed by atoms with van der Waals surface area (Å²) in [4.78, 5) is 6.65. The number of benzene rings is 2. The Bertz CT molecular complexity index is 1060. The van der Waals surface area contributed by atoms with Crippen molar-refractivity contribution >= 4 is 0 Å².